The molecular weight excluding hydrogens is 340 g/mol. The van der Waals surface area contributed by atoms with Crippen LogP contribution in [-0.4, -0.2) is 50.2 Å². The van der Waals surface area contributed by atoms with Gasteiger partial charge < -0.3 is 10.6 Å². The maximum absolute atomic E-state index is 12.5. The Morgan fingerprint density at radius 2 is 1.80 bits per heavy atom. The number of likely N-dealkylation sites (N-methyl/N-ethyl adjacent to an activating group) is 1. The van der Waals surface area contributed by atoms with Gasteiger partial charge in [0.25, 0.3) is 5.95 Å². The fourth-order valence-corrected chi connectivity index (χ4v) is 2.61. The summed E-state index contributed by atoms with van der Waals surface area (Å²) in [6.07, 6.45) is 0.295. The molecule has 138 valence electrons. The molecule has 2 heterocycles. The third-order valence-corrected chi connectivity index (χ3v) is 4.32. The molecule has 2 N–H and O–H groups in total. The van der Waals surface area contributed by atoms with E-state index in [-0.39, 0.29) is 24.4 Å². The molecule has 1 atom stereocenters. The van der Waals surface area contributed by atoms with Gasteiger partial charge in [0, 0.05) is 42.3 Å². The standard InChI is InChI=1S/C17H26N6O.ClH/c1-10-7-11(2)20-17(19-10)23-14(5)15(13(4)21-23)8-16(24)22(6)12(3)9-18;/h7,12H,8-9,18H2,1-6H3;1H. The van der Waals surface area contributed by atoms with E-state index in [9.17, 15) is 4.79 Å². The lowest BCUT2D eigenvalue weighted by Crippen LogP contribution is -2.40. The first-order chi connectivity index (χ1) is 11.2. The molecule has 0 aromatic carbocycles. The average Bonchev–Trinajstić information content (AvgIpc) is 2.80. The second kappa shape index (κ2) is 8.40. The summed E-state index contributed by atoms with van der Waals surface area (Å²) in [5.41, 5.74) is 10.0. The lowest BCUT2D eigenvalue weighted by Gasteiger charge is -2.23. The van der Waals surface area contributed by atoms with Gasteiger partial charge in [0.1, 0.15) is 0 Å². The lowest BCUT2D eigenvalue weighted by molar-refractivity contribution is -0.130. The summed E-state index contributed by atoms with van der Waals surface area (Å²) < 4.78 is 1.71. The zero-order valence-electron chi connectivity index (χ0n) is 15.7. The SMILES string of the molecule is Cc1cc(C)nc(-n2nc(C)c(CC(=O)N(C)C(C)CN)c2C)n1.Cl. The van der Waals surface area contributed by atoms with Crippen LogP contribution in [0.5, 0.6) is 0 Å². The number of halogens is 1. The molecule has 0 aliphatic rings. The molecule has 1 amide bonds. The van der Waals surface area contributed by atoms with E-state index in [1.54, 1.807) is 16.6 Å². The Morgan fingerprint density at radius 1 is 1.24 bits per heavy atom. The van der Waals surface area contributed by atoms with Crippen molar-refractivity contribution >= 4 is 18.3 Å². The van der Waals surface area contributed by atoms with Crippen molar-refractivity contribution in [3.8, 4) is 5.95 Å². The second-order valence-electron chi connectivity index (χ2n) is 6.28. The Balaban J connectivity index is 0.00000312. The van der Waals surface area contributed by atoms with E-state index < -0.39 is 0 Å². The van der Waals surface area contributed by atoms with Gasteiger partial charge in [0.05, 0.1) is 12.1 Å². The minimum absolute atomic E-state index is 0. The van der Waals surface area contributed by atoms with E-state index in [1.807, 2.05) is 40.7 Å². The maximum atomic E-state index is 12.5. The number of rotatable bonds is 5. The van der Waals surface area contributed by atoms with Crippen molar-refractivity contribution < 1.29 is 4.79 Å². The second-order valence-corrected chi connectivity index (χ2v) is 6.28. The predicted molar refractivity (Wildman–Crippen MR) is 100 cm³/mol. The summed E-state index contributed by atoms with van der Waals surface area (Å²) in [7, 11) is 1.78. The Hall–Kier alpha value is -1.99. The van der Waals surface area contributed by atoms with E-state index in [0.717, 1.165) is 28.3 Å². The quantitative estimate of drug-likeness (QED) is 0.869. The van der Waals surface area contributed by atoms with Crippen molar-refractivity contribution in [3.63, 3.8) is 0 Å². The smallest absolute Gasteiger partial charge is 0.251 e. The first kappa shape index (κ1) is 21.1. The molecule has 0 radical (unpaired) electrons. The largest absolute Gasteiger partial charge is 0.341 e. The zero-order valence-corrected chi connectivity index (χ0v) is 16.5. The van der Waals surface area contributed by atoms with Crippen LogP contribution in [0.4, 0.5) is 0 Å². The van der Waals surface area contributed by atoms with Crippen LogP contribution < -0.4 is 5.73 Å². The van der Waals surface area contributed by atoms with Gasteiger partial charge in [-0.25, -0.2) is 14.6 Å². The molecule has 0 spiro atoms. The third kappa shape index (κ3) is 4.55. The molecule has 0 aliphatic carbocycles. The molecule has 1 unspecified atom stereocenters. The molecule has 8 heteroatoms. The van der Waals surface area contributed by atoms with Gasteiger partial charge in [-0.05, 0) is 40.7 Å². The van der Waals surface area contributed by atoms with Crippen LogP contribution in [0.3, 0.4) is 0 Å². The van der Waals surface area contributed by atoms with E-state index in [0.29, 0.717) is 18.9 Å². The molecule has 7 nitrogen and oxygen atoms in total. The number of carbonyl (C=O) groups excluding carboxylic acids is 1. The maximum Gasteiger partial charge on any atom is 0.251 e. The van der Waals surface area contributed by atoms with Gasteiger partial charge >= 0.3 is 0 Å². The van der Waals surface area contributed by atoms with Gasteiger partial charge in [-0.2, -0.15) is 5.10 Å². The fourth-order valence-electron chi connectivity index (χ4n) is 2.61. The minimum Gasteiger partial charge on any atom is -0.341 e. The van der Waals surface area contributed by atoms with Crippen LogP contribution in [0.15, 0.2) is 6.07 Å². The summed E-state index contributed by atoms with van der Waals surface area (Å²) in [5.74, 6) is 0.565. The van der Waals surface area contributed by atoms with E-state index in [1.165, 1.54) is 0 Å². The first-order valence-electron chi connectivity index (χ1n) is 8.08. The third-order valence-electron chi connectivity index (χ3n) is 4.32. The Kier molecular flexibility index (Phi) is 7.07. The number of aromatic nitrogens is 4. The topological polar surface area (TPSA) is 89.9 Å². The average molecular weight is 367 g/mol. The van der Waals surface area contributed by atoms with Crippen molar-refractivity contribution in [2.75, 3.05) is 13.6 Å². The first-order valence-corrected chi connectivity index (χ1v) is 8.08. The predicted octanol–water partition coefficient (Wildman–Crippen LogP) is 1.67. The molecule has 2 aromatic heterocycles. The van der Waals surface area contributed by atoms with Gasteiger partial charge in [-0.3, -0.25) is 4.79 Å². The van der Waals surface area contributed by atoms with Crippen molar-refractivity contribution in [1.29, 1.82) is 0 Å². The summed E-state index contributed by atoms with van der Waals surface area (Å²) in [5, 5.41) is 4.54. The van der Waals surface area contributed by atoms with Crippen LogP contribution >= 0.6 is 12.4 Å². The van der Waals surface area contributed by atoms with E-state index in [2.05, 4.69) is 15.1 Å². The summed E-state index contributed by atoms with van der Waals surface area (Å²) in [6, 6.07) is 1.93. The van der Waals surface area contributed by atoms with Gasteiger partial charge in [0.2, 0.25) is 5.91 Å². The van der Waals surface area contributed by atoms with Crippen LogP contribution in [0, 0.1) is 27.7 Å². The van der Waals surface area contributed by atoms with Crippen LogP contribution in [0.25, 0.3) is 5.95 Å². The van der Waals surface area contributed by atoms with Crippen LogP contribution in [0.1, 0.15) is 35.3 Å². The molecule has 0 bridgehead atoms. The van der Waals surface area contributed by atoms with Crippen LogP contribution in [0.2, 0.25) is 0 Å². The number of hydrogen-bond acceptors (Lipinski definition) is 5. The number of hydrogen-bond donors (Lipinski definition) is 1. The molecule has 2 aromatic rings. The summed E-state index contributed by atoms with van der Waals surface area (Å²) in [4.78, 5) is 23.1. The molecular formula is C17H27ClN6O. The monoisotopic (exact) mass is 366 g/mol. The molecule has 0 fully saturated rings. The van der Waals surface area contributed by atoms with Gasteiger partial charge in [-0.15, -0.1) is 12.4 Å². The summed E-state index contributed by atoms with van der Waals surface area (Å²) in [6.45, 7) is 10.1. The molecule has 0 saturated carbocycles. The number of carbonyl (C=O) groups is 1. The normalized spacial score (nSPS) is 11.8. The van der Waals surface area contributed by atoms with Crippen molar-refractivity contribution in [1.82, 2.24) is 24.6 Å². The number of aryl methyl sites for hydroxylation is 3. The Morgan fingerprint density at radius 3 is 2.32 bits per heavy atom. The Labute approximate surface area is 155 Å². The molecule has 2 rings (SSSR count). The van der Waals surface area contributed by atoms with Gasteiger partial charge in [-0.1, -0.05) is 0 Å². The summed E-state index contributed by atoms with van der Waals surface area (Å²) >= 11 is 0. The zero-order chi connectivity index (χ0) is 18.0. The van der Waals surface area contributed by atoms with Crippen molar-refractivity contribution in [3.05, 3.63) is 34.4 Å². The van der Waals surface area contributed by atoms with Crippen molar-refractivity contribution in [2.45, 2.75) is 47.1 Å². The molecule has 25 heavy (non-hydrogen) atoms. The molecule has 0 aliphatic heterocycles. The van der Waals surface area contributed by atoms with E-state index in [4.69, 9.17) is 5.73 Å². The highest BCUT2D eigenvalue weighted by molar-refractivity contribution is 5.85. The van der Waals surface area contributed by atoms with Crippen LogP contribution in [-0.2, 0) is 11.2 Å². The lowest BCUT2D eigenvalue weighted by atomic mass is 10.1. The molecule has 0 saturated heterocycles. The highest BCUT2D eigenvalue weighted by Crippen LogP contribution is 2.18. The number of amides is 1. The minimum atomic E-state index is 0. The highest BCUT2D eigenvalue weighted by Gasteiger charge is 2.21. The van der Waals surface area contributed by atoms with Gasteiger partial charge in [0.15, 0.2) is 0 Å². The Bertz CT molecular complexity index is 738. The fraction of sp³-hybridized carbons (Fsp3) is 0.529. The number of nitrogens with zero attached hydrogens (tertiary/aromatic N) is 5. The van der Waals surface area contributed by atoms with Crippen molar-refractivity contribution in [2.24, 2.45) is 5.73 Å². The van der Waals surface area contributed by atoms with E-state index >= 15 is 0 Å². The highest BCUT2D eigenvalue weighted by atomic mass is 35.5. The number of nitrogens with two attached hydrogens (primary N) is 1.